The number of hydrogen-bond donors (Lipinski definition) is 2. The first-order chi connectivity index (χ1) is 15.6. The Labute approximate surface area is 187 Å². The Morgan fingerprint density at radius 3 is 2.64 bits per heavy atom. The van der Waals surface area contributed by atoms with Gasteiger partial charge in [0.1, 0.15) is 5.82 Å². The Balaban J connectivity index is 0.000000383. The van der Waals surface area contributed by atoms with Crippen molar-refractivity contribution in [3.8, 4) is 0 Å². The predicted molar refractivity (Wildman–Crippen MR) is 108 cm³/mol. The van der Waals surface area contributed by atoms with Crippen LogP contribution in [-0.2, 0) is 16.1 Å². The highest BCUT2D eigenvalue weighted by molar-refractivity contribution is 5.91. The van der Waals surface area contributed by atoms with Crippen molar-refractivity contribution >= 4 is 11.9 Å². The summed E-state index contributed by atoms with van der Waals surface area (Å²) in [7, 11) is 0. The number of rotatable bonds is 4. The maximum absolute atomic E-state index is 13.4. The van der Waals surface area contributed by atoms with Crippen molar-refractivity contribution < 1.29 is 41.4 Å². The minimum Gasteiger partial charge on any atom is -0.475 e. The summed E-state index contributed by atoms with van der Waals surface area (Å²) in [5.41, 5.74) is 0.743. The molecular formula is C22H24F4N2O5. The Hall–Kier alpha value is -2.92. The smallest absolute Gasteiger partial charge is 0.475 e. The molecule has 7 nitrogen and oxygen atoms in total. The lowest BCUT2D eigenvalue weighted by Crippen LogP contribution is -2.49. The van der Waals surface area contributed by atoms with Gasteiger partial charge in [0.25, 0.3) is 5.91 Å². The minimum atomic E-state index is -5.08. The number of ether oxygens (including phenoxy) is 1. The summed E-state index contributed by atoms with van der Waals surface area (Å²) in [6.45, 7) is 3.06. The SMILES string of the molecule is O=C(N[C@H]1CCO[C@]2(CCN(Cc3cccc(F)c3)C2)C1)c1ccco1.O=C(O)C(F)(F)F. The number of likely N-dealkylation sites (tertiary alicyclic amines) is 1. The van der Waals surface area contributed by atoms with Gasteiger partial charge in [-0.1, -0.05) is 12.1 Å². The number of amides is 1. The number of aliphatic carboxylic acids is 1. The number of halogens is 4. The second kappa shape index (κ2) is 10.3. The van der Waals surface area contributed by atoms with Crippen LogP contribution in [0.1, 0.15) is 35.4 Å². The molecular weight excluding hydrogens is 448 g/mol. The van der Waals surface area contributed by atoms with Gasteiger partial charge in [0.05, 0.1) is 11.9 Å². The topological polar surface area (TPSA) is 92.0 Å². The fraction of sp³-hybridized carbons (Fsp3) is 0.455. The summed E-state index contributed by atoms with van der Waals surface area (Å²) in [6.07, 6.45) is -1.06. The number of alkyl halides is 3. The van der Waals surface area contributed by atoms with Crippen LogP contribution in [0.2, 0.25) is 0 Å². The molecule has 3 heterocycles. The minimum absolute atomic E-state index is 0.0791. The van der Waals surface area contributed by atoms with E-state index in [0.717, 1.165) is 37.9 Å². The summed E-state index contributed by atoms with van der Waals surface area (Å²) >= 11 is 0. The molecule has 2 N–H and O–H groups in total. The van der Waals surface area contributed by atoms with E-state index in [4.69, 9.17) is 19.1 Å². The molecule has 180 valence electrons. The Bertz CT molecular complexity index is 951. The number of nitrogens with one attached hydrogen (secondary N) is 1. The molecule has 0 bridgehead atoms. The molecule has 2 aliphatic rings. The lowest BCUT2D eigenvalue weighted by atomic mass is 9.89. The Kier molecular flexibility index (Phi) is 7.75. The normalized spacial score (nSPS) is 23.1. The molecule has 4 rings (SSSR count). The van der Waals surface area contributed by atoms with Gasteiger partial charge in [0.15, 0.2) is 5.76 Å². The van der Waals surface area contributed by atoms with Crippen LogP contribution in [0.25, 0.3) is 0 Å². The number of carboxylic acids is 1. The number of nitrogens with zero attached hydrogens (tertiary/aromatic N) is 1. The van der Waals surface area contributed by atoms with E-state index in [2.05, 4.69) is 10.2 Å². The number of benzene rings is 1. The maximum Gasteiger partial charge on any atom is 0.490 e. The standard InChI is InChI=1S/C20H23FN2O3.C2HF3O2/c21-16-4-1-3-15(11-16)13-23-8-7-20(14-23)12-17(6-10-26-20)22-19(24)18-5-2-9-25-18;3-2(4,5)1(6)7/h1-5,9,11,17H,6-8,10,12-14H2,(H,22,24);(H,6,7)/t17-,20+;/m0./s1. The largest absolute Gasteiger partial charge is 0.490 e. The van der Waals surface area contributed by atoms with Gasteiger partial charge in [0, 0.05) is 32.3 Å². The highest BCUT2D eigenvalue weighted by atomic mass is 19.4. The Morgan fingerprint density at radius 2 is 2.00 bits per heavy atom. The van der Waals surface area contributed by atoms with Crippen molar-refractivity contribution in [3.63, 3.8) is 0 Å². The van der Waals surface area contributed by atoms with Crippen molar-refractivity contribution in [1.29, 1.82) is 0 Å². The van der Waals surface area contributed by atoms with E-state index in [1.807, 2.05) is 6.07 Å². The van der Waals surface area contributed by atoms with Crippen LogP contribution in [0.5, 0.6) is 0 Å². The second-order valence-electron chi connectivity index (χ2n) is 8.07. The van der Waals surface area contributed by atoms with Crippen LogP contribution in [-0.4, -0.2) is 59.4 Å². The summed E-state index contributed by atoms with van der Waals surface area (Å²) in [6, 6.07) is 10.2. The zero-order chi connectivity index (χ0) is 24.1. The highest BCUT2D eigenvalue weighted by Gasteiger charge is 2.43. The molecule has 0 unspecified atom stereocenters. The molecule has 1 aromatic carbocycles. The van der Waals surface area contributed by atoms with Crippen LogP contribution in [0.15, 0.2) is 47.1 Å². The van der Waals surface area contributed by atoms with E-state index < -0.39 is 12.1 Å². The van der Waals surface area contributed by atoms with Gasteiger partial charge in [-0.05, 0) is 49.1 Å². The molecule has 0 aliphatic carbocycles. The predicted octanol–water partition coefficient (Wildman–Crippen LogP) is 3.61. The lowest BCUT2D eigenvalue weighted by molar-refractivity contribution is -0.192. The fourth-order valence-electron chi connectivity index (χ4n) is 4.06. The van der Waals surface area contributed by atoms with Crippen molar-refractivity contribution in [1.82, 2.24) is 10.2 Å². The van der Waals surface area contributed by atoms with Gasteiger partial charge in [-0.3, -0.25) is 9.69 Å². The number of carbonyl (C=O) groups excluding carboxylic acids is 1. The second-order valence-corrected chi connectivity index (χ2v) is 8.07. The summed E-state index contributed by atoms with van der Waals surface area (Å²) in [5, 5.41) is 10.2. The first-order valence-corrected chi connectivity index (χ1v) is 10.3. The van der Waals surface area contributed by atoms with E-state index >= 15 is 0 Å². The van der Waals surface area contributed by atoms with Crippen molar-refractivity contribution in [2.45, 2.75) is 43.6 Å². The van der Waals surface area contributed by atoms with Gasteiger partial charge in [0.2, 0.25) is 0 Å². The molecule has 0 radical (unpaired) electrons. The molecule has 2 aromatic rings. The molecule has 2 aliphatic heterocycles. The number of hydrogen-bond acceptors (Lipinski definition) is 5. The monoisotopic (exact) mass is 472 g/mol. The third-order valence-electron chi connectivity index (χ3n) is 5.51. The molecule has 1 amide bonds. The number of carboxylic acid groups (broad SMARTS) is 1. The zero-order valence-corrected chi connectivity index (χ0v) is 17.6. The maximum atomic E-state index is 13.4. The fourth-order valence-corrected chi connectivity index (χ4v) is 4.06. The van der Waals surface area contributed by atoms with Crippen LogP contribution >= 0.6 is 0 Å². The van der Waals surface area contributed by atoms with Crippen LogP contribution in [0.3, 0.4) is 0 Å². The van der Waals surface area contributed by atoms with Crippen LogP contribution in [0, 0.1) is 5.82 Å². The third-order valence-corrected chi connectivity index (χ3v) is 5.51. The lowest BCUT2D eigenvalue weighted by Gasteiger charge is -2.38. The molecule has 2 saturated heterocycles. The Morgan fingerprint density at radius 1 is 1.24 bits per heavy atom. The first kappa shape index (κ1) is 24.7. The number of furan rings is 1. The van der Waals surface area contributed by atoms with Crippen LogP contribution in [0.4, 0.5) is 17.6 Å². The highest BCUT2D eigenvalue weighted by Crippen LogP contribution is 2.35. The molecule has 33 heavy (non-hydrogen) atoms. The molecule has 1 aromatic heterocycles. The van der Waals surface area contributed by atoms with E-state index in [9.17, 15) is 22.4 Å². The van der Waals surface area contributed by atoms with Gasteiger partial charge < -0.3 is 19.6 Å². The molecule has 2 atom stereocenters. The summed E-state index contributed by atoms with van der Waals surface area (Å²) < 4.78 is 56.4. The summed E-state index contributed by atoms with van der Waals surface area (Å²) in [4.78, 5) is 23.4. The third kappa shape index (κ3) is 7.03. The van der Waals surface area contributed by atoms with Gasteiger partial charge in [-0.2, -0.15) is 13.2 Å². The first-order valence-electron chi connectivity index (χ1n) is 10.3. The van der Waals surface area contributed by atoms with Gasteiger partial charge in [-0.15, -0.1) is 0 Å². The summed E-state index contributed by atoms with van der Waals surface area (Å²) in [5.74, 6) is -2.80. The average molecular weight is 472 g/mol. The van der Waals surface area contributed by atoms with E-state index in [1.54, 1.807) is 24.3 Å². The van der Waals surface area contributed by atoms with Crippen molar-refractivity contribution in [3.05, 3.63) is 59.8 Å². The van der Waals surface area contributed by atoms with Crippen molar-refractivity contribution in [2.75, 3.05) is 19.7 Å². The number of carbonyl (C=O) groups is 2. The molecule has 1 spiro atoms. The van der Waals surface area contributed by atoms with Crippen molar-refractivity contribution in [2.24, 2.45) is 0 Å². The van der Waals surface area contributed by atoms with Gasteiger partial charge in [-0.25, -0.2) is 9.18 Å². The molecule has 0 saturated carbocycles. The zero-order valence-electron chi connectivity index (χ0n) is 17.6. The molecule has 2 fully saturated rings. The quantitative estimate of drug-likeness (QED) is 0.661. The van der Waals surface area contributed by atoms with E-state index in [1.165, 1.54) is 12.3 Å². The van der Waals surface area contributed by atoms with Gasteiger partial charge >= 0.3 is 12.1 Å². The van der Waals surface area contributed by atoms with Crippen LogP contribution < -0.4 is 5.32 Å². The average Bonchev–Trinajstić information content (AvgIpc) is 3.39. The van der Waals surface area contributed by atoms with E-state index in [0.29, 0.717) is 18.9 Å². The molecule has 11 heteroatoms. The van der Waals surface area contributed by atoms with E-state index in [-0.39, 0.29) is 23.4 Å².